The van der Waals surface area contributed by atoms with Crippen molar-refractivity contribution in [2.45, 2.75) is 39.7 Å². The molecule has 5 nitrogen and oxygen atoms in total. The van der Waals surface area contributed by atoms with Gasteiger partial charge in [0.25, 0.3) is 5.91 Å². The molecule has 0 aliphatic carbocycles. The summed E-state index contributed by atoms with van der Waals surface area (Å²) in [7, 11) is 0. The van der Waals surface area contributed by atoms with Gasteiger partial charge in [0.05, 0.1) is 0 Å². The molecule has 1 saturated heterocycles. The van der Waals surface area contributed by atoms with Gasteiger partial charge in [0.2, 0.25) is 5.91 Å². The summed E-state index contributed by atoms with van der Waals surface area (Å²) in [6.45, 7) is 7.32. The number of carbonyl (C=O) groups excluding carboxylic acids is 2. The number of carbonyl (C=O) groups is 2. The van der Waals surface area contributed by atoms with Gasteiger partial charge in [-0.1, -0.05) is 12.1 Å². The topological polar surface area (TPSA) is 58.6 Å². The lowest BCUT2D eigenvalue weighted by molar-refractivity contribution is -0.134. The minimum Gasteiger partial charge on any atom is -0.483 e. The fraction of sp³-hybridized carbons (Fsp3) is 0.556. The van der Waals surface area contributed by atoms with Crippen LogP contribution in [0.3, 0.4) is 0 Å². The summed E-state index contributed by atoms with van der Waals surface area (Å²) in [5.41, 5.74) is 3.26. The van der Waals surface area contributed by atoms with Crippen LogP contribution in [0.1, 0.15) is 29.5 Å². The number of rotatable bonds is 5. The number of halogens is 1. The van der Waals surface area contributed by atoms with Gasteiger partial charge in [0.1, 0.15) is 11.6 Å². The van der Waals surface area contributed by atoms with Gasteiger partial charge in [-0.3, -0.25) is 9.59 Å². The molecule has 24 heavy (non-hydrogen) atoms. The van der Waals surface area contributed by atoms with Crippen molar-refractivity contribution in [2.75, 3.05) is 25.6 Å². The van der Waals surface area contributed by atoms with Gasteiger partial charge in [0.15, 0.2) is 6.61 Å². The second kappa shape index (κ2) is 8.38. The molecule has 1 N–H and O–H groups in total. The Morgan fingerprint density at radius 1 is 1.21 bits per heavy atom. The number of hydrogen-bond acceptors (Lipinski definition) is 3. The largest absolute Gasteiger partial charge is 0.483 e. The van der Waals surface area contributed by atoms with Crippen molar-refractivity contribution in [3.8, 4) is 5.75 Å². The van der Waals surface area contributed by atoms with Crippen molar-refractivity contribution in [3.05, 3.63) is 28.8 Å². The maximum absolute atomic E-state index is 12.4. The molecule has 1 aliphatic rings. The molecule has 1 aromatic carbocycles. The Morgan fingerprint density at radius 3 is 2.46 bits per heavy atom. The van der Waals surface area contributed by atoms with Crippen molar-refractivity contribution in [1.82, 2.24) is 10.2 Å². The molecule has 0 saturated carbocycles. The highest BCUT2D eigenvalue weighted by atomic mass is 35.5. The SMILES string of the molecule is Cc1ccc(C)c(OCC(=O)N2CCC(NC(=O)CCl)CC2)c1C. The third-order valence-corrected chi connectivity index (χ3v) is 4.79. The number of nitrogens with zero attached hydrogens (tertiary/aromatic N) is 1. The van der Waals surface area contributed by atoms with Crippen LogP contribution in [0.4, 0.5) is 0 Å². The van der Waals surface area contributed by atoms with Crippen molar-refractivity contribution >= 4 is 23.4 Å². The molecule has 1 aromatic rings. The maximum Gasteiger partial charge on any atom is 0.260 e. The molecule has 0 radical (unpaired) electrons. The van der Waals surface area contributed by atoms with E-state index in [1.807, 2.05) is 26.8 Å². The lowest BCUT2D eigenvalue weighted by atomic mass is 10.0. The molecule has 0 bridgehead atoms. The number of aryl methyl sites for hydroxylation is 2. The molecule has 0 spiro atoms. The lowest BCUT2D eigenvalue weighted by Gasteiger charge is -2.32. The summed E-state index contributed by atoms with van der Waals surface area (Å²) < 4.78 is 5.79. The molecule has 0 aromatic heterocycles. The molecule has 6 heteroatoms. The first-order valence-electron chi connectivity index (χ1n) is 8.25. The number of amides is 2. The molecule has 1 aliphatic heterocycles. The normalized spacial score (nSPS) is 15.2. The number of ether oxygens (including phenoxy) is 1. The van der Waals surface area contributed by atoms with E-state index in [0.29, 0.717) is 13.1 Å². The number of hydrogen-bond donors (Lipinski definition) is 1. The molecular formula is C18H25ClN2O3. The Kier molecular flexibility index (Phi) is 6.49. The van der Waals surface area contributed by atoms with Gasteiger partial charge < -0.3 is 15.0 Å². The van der Waals surface area contributed by atoms with Crippen molar-refractivity contribution in [2.24, 2.45) is 0 Å². The number of nitrogens with one attached hydrogen (secondary N) is 1. The molecule has 2 amide bonds. The maximum atomic E-state index is 12.4. The van der Waals surface area contributed by atoms with E-state index in [4.69, 9.17) is 16.3 Å². The van der Waals surface area contributed by atoms with Gasteiger partial charge in [0, 0.05) is 19.1 Å². The lowest BCUT2D eigenvalue weighted by Crippen LogP contribution is -2.48. The molecule has 1 heterocycles. The average molecular weight is 353 g/mol. The third kappa shape index (κ3) is 4.63. The molecule has 132 valence electrons. The van der Waals surface area contributed by atoms with Crippen LogP contribution in [0.15, 0.2) is 12.1 Å². The Balaban J connectivity index is 1.84. The standard InChI is InChI=1S/C18H25ClN2O3/c1-12-4-5-13(2)18(14(12)3)24-11-17(23)21-8-6-15(7-9-21)20-16(22)10-19/h4-5,15H,6-11H2,1-3H3,(H,20,22). The van der Waals surface area contributed by atoms with E-state index in [9.17, 15) is 9.59 Å². The minimum atomic E-state index is -0.157. The van der Waals surface area contributed by atoms with Crippen LogP contribution >= 0.6 is 11.6 Å². The summed E-state index contributed by atoms with van der Waals surface area (Å²) in [5.74, 6) is 0.600. The van der Waals surface area contributed by atoms with Crippen LogP contribution in [0.2, 0.25) is 0 Å². The zero-order valence-corrected chi connectivity index (χ0v) is 15.3. The predicted molar refractivity (Wildman–Crippen MR) is 94.6 cm³/mol. The second-order valence-corrected chi connectivity index (χ2v) is 6.57. The number of alkyl halides is 1. The van der Waals surface area contributed by atoms with E-state index in [0.717, 1.165) is 35.3 Å². The quantitative estimate of drug-likeness (QED) is 0.827. The van der Waals surface area contributed by atoms with Gasteiger partial charge >= 0.3 is 0 Å². The predicted octanol–water partition coefficient (Wildman–Crippen LogP) is 2.34. The zero-order valence-electron chi connectivity index (χ0n) is 14.5. The highest BCUT2D eigenvalue weighted by Crippen LogP contribution is 2.25. The van der Waals surface area contributed by atoms with Crippen LogP contribution in [-0.4, -0.2) is 48.3 Å². The smallest absolute Gasteiger partial charge is 0.260 e. The van der Waals surface area contributed by atoms with E-state index in [1.54, 1.807) is 4.90 Å². The van der Waals surface area contributed by atoms with E-state index in [1.165, 1.54) is 0 Å². The Labute approximate surface area is 148 Å². The first-order chi connectivity index (χ1) is 11.4. The van der Waals surface area contributed by atoms with E-state index in [-0.39, 0.29) is 30.3 Å². The van der Waals surface area contributed by atoms with E-state index in [2.05, 4.69) is 11.4 Å². The second-order valence-electron chi connectivity index (χ2n) is 6.30. The van der Waals surface area contributed by atoms with E-state index >= 15 is 0 Å². The fourth-order valence-corrected chi connectivity index (χ4v) is 2.99. The summed E-state index contributed by atoms with van der Waals surface area (Å²) >= 11 is 5.49. The summed E-state index contributed by atoms with van der Waals surface area (Å²) in [6, 6.07) is 4.16. The highest BCUT2D eigenvalue weighted by molar-refractivity contribution is 6.27. The van der Waals surface area contributed by atoms with Crippen molar-refractivity contribution in [3.63, 3.8) is 0 Å². The van der Waals surface area contributed by atoms with Crippen LogP contribution in [0, 0.1) is 20.8 Å². The number of benzene rings is 1. The molecule has 2 rings (SSSR count). The monoisotopic (exact) mass is 352 g/mol. The third-order valence-electron chi connectivity index (χ3n) is 4.55. The Hall–Kier alpha value is -1.75. The Morgan fingerprint density at radius 2 is 1.83 bits per heavy atom. The van der Waals surface area contributed by atoms with Crippen molar-refractivity contribution < 1.29 is 14.3 Å². The molecule has 0 unspecified atom stereocenters. The average Bonchev–Trinajstić information content (AvgIpc) is 2.58. The molecule has 1 fully saturated rings. The molecule has 0 atom stereocenters. The number of piperidine rings is 1. The van der Waals surface area contributed by atoms with Gasteiger partial charge in [-0.25, -0.2) is 0 Å². The van der Waals surface area contributed by atoms with Crippen molar-refractivity contribution in [1.29, 1.82) is 0 Å². The minimum absolute atomic E-state index is 0.0163. The van der Waals surface area contributed by atoms with Crippen LogP contribution in [0.25, 0.3) is 0 Å². The first-order valence-corrected chi connectivity index (χ1v) is 8.78. The fourth-order valence-electron chi connectivity index (χ4n) is 2.91. The first kappa shape index (κ1) is 18.6. The van der Waals surface area contributed by atoms with Gasteiger partial charge in [-0.15, -0.1) is 11.6 Å². The summed E-state index contributed by atoms with van der Waals surface area (Å²) in [4.78, 5) is 25.5. The van der Waals surface area contributed by atoms with Crippen LogP contribution in [0.5, 0.6) is 5.75 Å². The van der Waals surface area contributed by atoms with Crippen LogP contribution in [-0.2, 0) is 9.59 Å². The summed E-state index contributed by atoms with van der Waals surface area (Å²) in [6.07, 6.45) is 1.49. The van der Waals surface area contributed by atoms with Gasteiger partial charge in [-0.05, 0) is 50.3 Å². The Bertz CT molecular complexity index is 611. The van der Waals surface area contributed by atoms with Crippen LogP contribution < -0.4 is 10.1 Å². The molecular weight excluding hydrogens is 328 g/mol. The zero-order chi connectivity index (χ0) is 17.7. The number of likely N-dealkylation sites (tertiary alicyclic amines) is 1. The van der Waals surface area contributed by atoms with Gasteiger partial charge in [-0.2, -0.15) is 0 Å². The van der Waals surface area contributed by atoms with E-state index < -0.39 is 0 Å². The summed E-state index contributed by atoms with van der Waals surface area (Å²) in [5, 5.41) is 2.87. The highest BCUT2D eigenvalue weighted by Gasteiger charge is 2.24.